The van der Waals surface area contributed by atoms with E-state index in [9.17, 15) is 9.50 Å². The lowest BCUT2D eigenvalue weighted by Gasteiger charge is -2.39. The second-order valence-electron chi connectivity index (χ2n) is 4.21. The Hall–Kier alpha value is -1.13. The molecule has 16 heavy (non-hydrogen) atoms. The minimum atomic E-state index is -0.191. The molecule has 1 unspecified atom stereocenters. The third-order valence-corrected chi connectivity index (χ3v) is 3.18. The first kappa shape index (κ1) is 11.4. The lowest BCUT2D eigenvalue weighted by atomic mass is 10.1. The van der Waals surface area contributed by atoms with Crippen LogP contribution in [0, 0.1) is 5.82 Å². The average Bonchev–Trinajstić information content (AvgIpc) is 2.31. The first-order valence-electron chi connectivity index (χ1n) is 5.53. The van der Waals surface area contributed by atoms with Gasteiger partial charge in [0.1, 0.15) is 5.82 Å². The molecule has 1 aromatic rings. The zero-order chi connectivity index (χ0) is 11.5. The van der Waals surface area contributed by atoms with Gasteiger partial charge in [-0.2, -0.15) is 0 Å². The maximum Gasteiger partial charge on any atom is 0.146 e. The predicted molar refractivity (Wildman–Crippen MR) is 62.1 cm³/mol. The number of hydrogen-bond donors (Lipinski definition) is 1. The van der Waals surface area contributed by atoms with Crippen molar-refractivity contribution in [3.05, 3.63) is 30.1 Å². The van der Waals surface area contributed by atoms with Crippen LogP contribution in [-0.4, -0.2) is 49.3 Å². The van der Waals surface area contributed by atoms with E-state index in [1.807, 2.05) is 18.0 Å². The molecule has 1 fully saturated rings. The van der Waals surface area contributed by atoms with E-state index in [-0.39, 0.29) is 18.5 Å². The lowest BCUT2D eigenvalue weighted by molar-refractivity contribution is 0.135. The molecule has 2 rings (SSSR count). The van der Waals surface area contributed by atoms with E-state index >= 15 is 0 Å². The van der Waals surface area contributed by atoms with Gasteiger partial charge in [0.15, 0.2) is 0 Å². The van der Waals surface area contributed by atoms with Crippen molar-refractivity contribution in [1.29, 1.82) is 0 Å². The summed E-state index contributed by atoms with van der Waals surface area (Å²) in [6.07, 6.45) is 0. The maximum absolute atomic E-state index is 13.6. The molecule has 0 bridgehead atoms. The zero-order valence-corrected chi connectivity index (χ0v) is 9.43. The van der Waals surface area contributed by atoms with E-state index in [0.717, 1.165) is 13.1 Å². The number of benzene rings is 1. The number of rotatable bonds is 2. The number of piperazine rings is 1. The molecule has 1 aliphatic heterocycles. The molecule has 3 nitrogen and oxygen atoms in total. The van der Waals surface area contributed by atoms with Gasteiger partial charge in [-0.15, -0.1) is 0 Å². The van der Waals surface area contributed by atoms with Crippen LogP contribution in [0.15, 0.2) is 24.3 Å². The van der Waals surface area contributed by atoms with Crippen molar-refractivity contribution in [2.24, 2.45) is 0 Å². The Kier molecular flexibility index (Phi) is 3.41. The second-order valence-corrected chi connectivity index (χ2v) is 4.21. The molecule has 0 amide bonds. The van der Waals surface area contributed by atoms with Gasteiger partial charge in [0.05, 0.1) is 18.3 Å². The summed E-state index contributed by atoms with van der Waals surface area (Å²) in [5.74, 6) is -0.191. The summed E-state index contributed by atoms with van der Waals surface area (Å²) in [7, 11) is 1.99. The van der Waals surface area contributed by atoms with Crippen molar-refractivity contribution in [2.75, 3.05) is 38.2 Å². The van der Waals surface area contributed by atoms with Crippen LogP contribution in [0.1, 0.15) is 0 Å². The Morgan fingerprint density at radius 3 is 2.81 bits per heavy atom. The van der Waals surface area contributed by atoms with Crippen molar-refractivity contribution in [2.45, 2.75) is 6.04 Å². The summed E-state index contributed by atoms with van der Waals surface area (Å²) in [4.78, 5) is 4.10. The Balaban J connectivity index is 2.14. The second kappa shape index (κ2) is 4.80. The number of hydrogen-bond acceptors (Lipinski definition) is 3. The highest BCUT2D eigenvalue weighted by atomic mass is 19.1. The smallest absolute Gasteiger partial charge is 0.146 e. The summed E-state index contributed by atoms with van der Waals surface area (Å²) in [5.41, 5.74) is 0.633. The van der Waals surface area contributed by atoms with Crippen LogP contribution in [0.5, 0.6) is 0 Å². The molecule has 1 heterocycles. The number of aliphatic hydroxyl groups excluding tert-OH is 1. The van der Waals surface area contributed by atoms with Gasteiger partial charge in [0.2, 0.25) is 0 Å². The molecule has 0 saturated carbocycles. The quantitative estimate of drug-likeness (QED) is 0.810. The molecular weight excluding hydrogens is 207 g/mol. The van der Waals surface area contributed by atoms with E-state index in [2.05, 4.69) is 4.90 Å². The third kappa shape index (κ3) is 2.18. The number of nitrogens with zero attached hydrogens (tertiary/aromatic N) is 2. The maximum atomic E-state index is 13.6. The van der Waals surface area contributed by atoms with Crippen LogP contribution >= 0.6 is 0 Å². The van der Waals surface area contributed by atoms with E-state index < -0.39 is 0 Å². The Bertz CT molecular complexity index is 359. The molecule has 1 aliphatic rings. The molecule has 4 heteroatoms. The van der Waals surface area contributed by atoms with Gasteiger partial charge >= 0.3 is 0 Å². The van der Waals surface area contributed by atoms with Crippen LogP contribution in [0.25, 0.3) is 0 Å². The molecule has 1 saturated heterocycles. The van der Waals surface area contributed by atoms with Crippen LogP contribution in [0.4, 0.5) is 10.1 Å². The fraction of sp³-hybridized carbons (Fsp3) is 0.500. The zero-order valence-electron chi connectivity index (χ0n) is 9.43. The van der Waals surface area contributed by atoms with Gasteiger partial charge < -0.3 is 10.0 Å². The molecular formula is C12H17FN2O. The number of aliphatic hydroxyl groups is 1. The van der Waals surface area contributed by atoms with Crippen molar-refractivity contribution in [3.63, 3.8) is 0 Å². The summed E-state index contributed by atoms with van der Waals surface area (Å²) in [6.45, 7) is 2.43. The summed E-state index contributed by atoms with van der Waals surface area (Å²) >= 11 is 0. The van der Waals surface area contributed by atoms with Gasteiger partial charge in [0, 0.05) is 19.6 Å². The Labute approximate surface area is 95.1 Å². The molecule has 88 valence electrons. The fourth-order valence-electron chi connectivity index (χ4n) is 2.07. The number of likely N-dealkylation sites (N-methyl/N-ethyl adjacent to an activating group) is 1. The van der Waals surface area contributed by atoms with Crippen LogP contribution in [0.3, 0.4) is 0 Å². The Morgan fingerprint density at radius 1 is 1.38 bits per heavy atom. The first-order valence-corrected chi connectivity index (χ1v) is 5.53. The summed E-state index contributed by atoms with van der Waals surface area (Å²) in [5, 5.41) is 9.23. The van der Waals surface area contributed by atoms with E-state index in [1.54, 1.807) is 12.1 Å². The SMILES string of the molecule is CN1CCN(c2ccccc2F)CC1CO. The highest BCUT2D eigenvalue weighted by Gasteiger charge is 2.24. The standard InChI is InChI=1S/C12H17FN2O/c1-14-6-7-15(8-10(14)9-16)12-5-3-2-4-11(12)13/h2-5,10,16H,6-9H2,1H3. The summed E-state index contributed by atoms with van der Waals surface area (Å²) < 4.78 is 13.6. The predicted octanol–water partition coefficient (Wildman–Crippen LogP) is 0.938. The minimum Gasteiger partial charge on any atom is -0.395 e. The first-order chi connectivity index (χ1) is 7.72. The van der Waals surface area contributed by atoms with Gasteiger partial charge in [-0.3, -0.25) is 4.90 Å². The summed E-state index contributed by atoms with van der Waals surface area (Å²) in [6, 6.07) is 6.88. The van der Waals surface area contributed by atoms with Crippen LogP contribution in [-0.2, 0) is 0 Å². The van der Waals surface area contributed by atoms with Crippen molar-refractivity contribution in [1.82, 2.24) is 4.90 Å². The molecule has 0 radical (unpaired) electrons. The van der Waals surface area contributed by atoms with E-state index in [1.165, 1.54) is 6.07 Å². The number of para-hydroxylation sites is 1. The van der Waals surface area contributed by atoms with Gasteiger partial charge in [-0.25, -0.2) is 4.39 Å². The topological polar surface area (TPSA) is 26.7 Å². The monoisotopic (exact) mass is 224 g/mol. The highest BCUT2D eigenvalue weighted by Crippen LogP contribution is 2.21. The van der Waals surface area contributed by atoms with Crippen molar-refractivity contribution in [3.8, 4) is 0 Å². The number of anilines is 1. The van der Waals surface area contributed by atoms with Crippen molar-refractivity contribution < 1.29 is 9.50 Å². The van der Waals surface area contributed by atoms with Crippen LogP contribution in [0.2, 0.25) is 0 Å². The normalized spacial score (nSPS) is 22.4. The molecule has 1 N–H and O–H groups in total. The van der Waals surface area contributed by atoms with Crippen molar-refractivity contribution >= 4 is 5.69 Å². The lowest BCUT2D eigenvalue weighted by Crippen LogP contribution is -2.53. The fourth-order valence-corrected chi connectivity index (χ4v) is 2.07. The molecule has 0 aliphatic carbocycles. The molecule has 0 aromatic heterocycles. The van der Waals surface area contributed by atoms with E-state index in [4.69, 9.17) is 0 Å². The van der Waals surface area contributed by atoms with E-state index in [0.29, 0.717) is 12.2 Å². The highest BCUT2D eigenvalue weighted by molar-refractivity contribution is 5.48. The van der Waals surface area contributed by atoms with Crippen LogP contribution < -0.4 is 4.90 Å². The Morgan fingerprint density at radius 2 is 2.12 bits per heavy atom. The largest absolute Gasteiger partial charge is 0.395 e. The third-order valence-electron chi connectivity index (χ3n) is 3.18. The average molecular weight is 224 g/mol. The molecule has 1 aromatic carbocycles. The minimum absolute atomic E-state index is 0.0911. The number of halogens is 1. The van der Waals surface area contributed by atoms with Gasteiger partial charge in [-0.1, -0.05) is 12.1 Å². The molecule has 1 atom stereocenters. The van der Waals surface area contributed by atoms with Gasteiger partial charge in [0.25, 0.3) is 0 Å². The molecule has 0 spiro atoms. The van der Waals surface area contributed by atoms with Gasteiger partial charge in [-0.05, 0) is 19.2 Å².